The first-order chi connectivity index (χ1) is 9.25. The Morgan fingerprint density at radius 2 is 1.85 bits per heavy atom. The number of carbonyl (C=O) groups is 1. The second kappa shape index (κ2) is 7.03. The van der Waals surface area contributed by atoms with Gasteiger partial charge in [0.1, 0.15) is 11.4 Å². The number of hydrogen-bond acceptors (Lipinski definition) is 4. The molecule has 0 heterocycles. The Kier molecular flexibility index (Phi) is 5.94. The van der Waals surface area contributed by atoms with Crippen LogP contribution in [0.5, 0.6) is 0 Å². The van der Waals surface area contributed by atoms with Gasteiger partial charge in [-0.05, 0) is 26.2 Å². The van der Waals surface area contributed by atoms with Gasteiger partial charge in [0, 0.05) is 13.1 Å². The first-order valence-electron chi connectivity index (χ1n) is 5.86. The lowest BCUT2D eigenvalue weighted by Gasteiger charge is -2.22. The molecule has 0 bridgehead atoms. The van der Waals surface area contributed by atoms with E-state index in [1.54, 1.807) is 31.1 Å². The minimum atomic E-state index is -3.93. The molecule has 1 aromatic carbocycles. The predicted molar refractivity (Wildman–Crippen MR) is 76.4 cm³/mol. The zero-order valence-corrected chi connectivity index (χ0v) is 12.9. The molecule has 0 aliphatic heterocycles. The summed E-state index contributed by atoms with van der Waals surface area (Å²) >= 11 is 5.89. The number of carboxylic acids is 1. The molecule has 0 spiro atoms. The van der Waals surface area contributed by atoms with Crippen LogP contribution in [0, 0.1) is 0 Å². The lowest BCUT2D eigenvalue weighted by molar-refractivity contribution is -0.137. The molecule has 112 valence electrons. The van der Waals surface area contributed by atoms with Crippen LogP contribution in [0.25, 0.3) is 0 Å². The highest BCUT2D eigenvalue weighted by molar-refractivity contribution is 7.89. The zero-order chi connectivity index (χ0) is 15.3. The molecule has 0 saturated carbocycles. The SMILES string of the molecule is CN(C)CCN(CC(=O)O)S(=O)(=O)c1ccccc1Cl. The Balaban J connectivity index is 3.10. The first kappa shape index (κ1) is 16.9. The highest BCUT2D eigenvalue weighted by Gasteiger charge is 2.28. The van der Waals surface area contributed by atoms with E-state index in [-0.39, 0.29) is 16.5 Å². The molecule has 0 unspecified atom stereocenters. The van der Waals surface area contributed by atoms with Crippen LogP contribution in [-0.2, 0) is 14.8 Å². The molecule has 20 heavy (non-hydrogen) atoms. The monoisotopic (exact) mass is 320 g/mol. The Bertz CT molecular complexity index is 575. The van der Waals surface area contributed by atoms with E-state index >= 15 is 0 Å². The number of hydrogen-bond donors (Lipinski definition) is 1. The van der Waals surface area contributed by atoms with Crippen molar-refractivity contribution in [3.05, 3.63) is 29.3 Å². The molecule has 0 radical (unpaired) electrons. The van der Waals surface area contributed by atoms with E-state index in [1.165, 1.54) is 12.1 Å². The first-order valence-corrected chi connectivity index (χ1v) is 7.68. The lowest BCUT2D eigenvalue weighted by atomic mass is 10.4. The quantitative estimate of drug-likeness (QED) is 0.810. The molecule has 0 aromatic heterocycles. The molecule has 0 atom stereocenters. The summed E-state index contributed by atoms with van der Waals surface area (Å²) in [6.45, 7) is -0.106. The summed E-state index contributed by atoms with van der Waals surface area (Å²) in [6.07, 6.45) is 0. The van der Waals surface area contributed by atoms with Crippen LogP contribution < -0.4 is 0 Å². The van der Waals surface area contributed by atoms with Crippen LogP contribution in [0.1, 0.15) is 0 Å². The standard InChI is InChI=1S/C12H17ClN2O4S/c1-14(2)7-8-15(9-12(16)17)20(18,19)11-6-4-3-5-10(11)13/h3-6H,7-9H2,1-2H3,(H,16,17). The zero-order valence-electron chi connectivity index (χ0n) is 11.3. The van der Waals surface area contributed by atoms with Gasteiger partial charge in [-0.1, -0.05) is 23.7 Å². The Labute approximate surface area is 123 Å². The minimum Gasteiger partial charge on any atom is -0.480 e. The second-order valence-electron chi connectivity index (χ2n) is 4.47. The normalized spacial score (nSPS) is 12.1. The van der Waals surface area contributed by atoms with E-state index in [9.17, 15) is 13.2 Å². The molecule has 0 saturated heterocycles. The molecule has 1 rings (SSSR count). The molecular formula is C12H17ClN2O4S. The fourth-order valence-electron chi connectivity index (χ4n) is 1.54. The van der Waals surface area contributed by atoms with Crippen LogP contribution in [-0.4, -0.2) is 62.4 Å². The summed E-state index contributed by atoms with van der Waals surface area (Å²) in [7, 11) is -0.371. The van der Waals surface area contributed by atoms with Crippen molar-refractivity contribution in [3.63, 3.8) is 0 Å². The number of carboxylic acid groups (broad SMARTS) is 1. The molecule has 0 amide bonds. The Morgan fingerprint density at radius 3 is 2.35 bits per heavy atom. The highest BCUT2D eigenvalue weighted by atomic mass is 35.5. The number of nitrogens with zero attached hydrogens (tertiary/aromatic N) is 2. The Hall–Kier alpha value is -1.15. The summed E-state index contributed by atoms with van der Waals surface area (Å²) in [6, 6.07) is 5.98. The van der Waals surface area contributed by atoms with Gasteiger partial charge in [-0.15, -0.1) is 0 Å². The van der Waals surface area contributed by atoms with Crippen molar-refractivity contribution in [2.45, 2.75) is 4.90 Å². The van der Waals surface area contributed by atoms with Crippen molar-refractivity contribution < 1.29 is 18.3 Å². The van der Waals surface area contributed by atoms with Crippen LogP contribution in [0.3, 0.4) is 0 Å². The van der Waals surface area contributed by atoms with Crippen LogP contribution in [0.2, 0.25) is 5.02 Å². The highest BCUT2D eigenvalue weighted by Crippen LogP contribution is 2.23. The smallest absolute Gasteiger partial charge is 0.318 e. The van der Waals surface area contributed by atoms with Gasteiger partial charge >= 0.3 is 5.97 Å². The molecule has 6 nitrogen and oxygen atoms in total. The van der Waals surface area contributed by atoms with Gasteiger partial charge < -0.3 is 10.0 Å². The number of aliphatic carboxylic acids is 1. The average Bonchev–Trinajstić information content (AvgIpc) is 2.34. The van der Waals surface area contributed by atoms with Crippen molar-refractivity contribution >= 4 is 27.6 Å². The van der Waals surface area contributed by atoms with E-state index in [2.05, 4.69) is 0 Å². The molecule has 0 fully saturated rings. The minimum absolute atomic E-state index is 0.0762. The van der Waals surface area contributed by atoms with Gasteiger partial charge in [-0.2, -0.15) is 4.31 Å². The van der Waals surface area contributed by atoms with Gasteiger partial charge in [-0.25, -0.2) is 8.42 Å². The molecule has 1 aromatic rings. The summed E-state index contributed by atoms with van der Waals surface area (Å²) in [4.78, 5) is 12.6. The van der Waals surface area contributed by atoms with Crippen LogP contribution in [0.4, 0.5) is 0 Å². The molecule has 8 heteroatoms. The van der Waals surface area contributed by atoms with Crippen molar-refractivity contribution in [3.8, 4) is 0 Å². The third-order valence-corrected chi connectivity index (χ3v) is 4.91. The number of rotatable bonds is 7. The summed E-state index contributed by atoms with van der Waals surface area (Å²) in [5, 5.41) is 8.95. The number of likely N-dealkylation sites (N-methyl/N-ethyl adjacent to an activating group) is 1. The summed E-state index contributed by atoms with van der Waals surface area (Å²) < 4.78 is 25.8. The maximum absolute atomic E-state index is 12.5. The number of halogens is 1. The lowest BCUT2D eigenvalue weighted by Crippen LogP contribution is -2.40. The Morgan fingerprint density at radius 1 is 1.25 bits per heavy atom. The topological polar surface area (TPSA) is 77.9 Å². The van der Waals surface area contributed by atoms with Gasteiger partial charge in [0.2, 0.25) is 10.0 Å². The van der Waals surface area contributed by atoms with Crippen molar-refractivity contribution in [1.82, 2.24) is 9.21 Å². The molecule has 1 N–H and O–H groups in total. The molecule has 0 aliphatic carbocycles. The van der Waals surface area contributed by atoms with Crippen LogP contribution in [0.15, 0.2) is 29.2 Å². The third kappa shape index (κ3) is 4.45. The fourth-order valence-corrected chi connectivity index (χ4v) is 3.41. The van der Waals surface area contributed by atoms with Crippen molar-refractivity contribution in [1.29, 1.82) is 0 Å². The largest absolute Gasteiger partial charge is 0.480 e. The van der Waals surface area contributed by atoms with E-state index in [1.807, 2.05) is 0 Å². The summed E-state index contributed by atoms with van der Waals surface area (Å²) in [5.74, 6) is -1.21. The molecule has 0 aliphatic rings. The van der Waals surface area contributed by atoms with Gasteiger partial charge in [-0.3, -0.25) is 4.79 Å². The van der Waals surface area contributed by atoms with Crippen LogP contribution >= 0.6 is 11.6 Å². The number of sulfonamides is 1. The van der Waals surface area contributed by atoms with Crippen molar-refractivity contribution in [2.75, 3.05) is 33.7 Å². The third-order valence-electron chi connectivity index (χ3n) is 2.56. The van der Waals surface area contributed by atoms with Gasteiger partial charge in [0.05, 0.1) is 5.02 Å². The van der Waals surface area contributed by atoms with Crippen molar-refractivity contribution in [2.24, 2.45) is 0 Å². The fraction of sp³-hybridized carbons (Fsp3) is 0.417. The maximum Gasteiger partial charge on any atom is 0.318 e. The maximum atomic E-state index is 12.5. The van der Waals surface area contributed by atoms with E-state index in [4.69, 9.17) is 16.7 Å². The molecular weight excluding hydrogens is 304 g/mol. The second-order valence-corrected chi connectivity index (χ2v) is 6.78. The number of benzene rings is 1. The average molecular weight is 321 g/mol. The summed E-state index contributed by atoms with van der Waals surface area (Å²) in [5.41, 5.74) is 0. The van der Waals surface area contributed by atoms with Gasteiger partial charge in [0.25, 0.3) is 0 Å². The van der Waals surface area contributed by atoms with E-state index in [0.29, 0.717) is 6.54 Å². The van der Waals surface area contributed by atoms with E-state index < -0.39 is 22.5 Å². The van der Waals surface area contributed by atoms with E-state index in [0.717, 1.165) is 4.31 Å². The predicted octanol–water partition coefficient (Wildman–Crippen LogP) is 0.977. The van der Waals surface area contributed by atoms with Gasteiger partial charge in [0.15, 0.2) is 0 Å².